The van der Waals surface area contributed by atoms with E-state index in [1.165, 1.54) is 11.1 Å². The quantitative estimate of drug-likeness (QED) is 0.108. The molecule has 0 saturated carbocycles. The summed E-state index contributed by atoms with van der Waals surface area (Å²) in [5.74, 6) is 0. The van der Waals surface area contributed by atoms with Gasteiger partial charge in [0.2, 0.25) is 0 Å². The Labute approximate surface area is 355 Å². The zero-order valence-corrected chi connectivity index (χ0v) is 34.2. The number of rotatable bonds is 13. The van der Waals surface area contributed by atoms with E-state index >= 15 is 0 Å². The molecular weight excluding hydrogens is 725 g/mol. The van der Waals surface area contributed by atoms with E-state index in [0.29, 0.717) is 0 Å². The summed E-state index contributed by atoms with van der Waals surface area (Å²) < 4.78 is 0. The molecular formula is C58H48N2. The molecule has 0 fully saturated rings. The monoisotopic (exact) mass is 772 g/mol. The normalized spacial score (nSPS) is 11.2. The fraction of sp³-hybridized carbons (Fsp3) is 0.0345. The van der Waals surface area contributed by atoms with Crippen molar-refractivity contribution < 1.29 is 0 Å². The Bertz CT molecular complexity index is 2530. The molecule has 2 nitrogen and oxygen atoms in total. The lowest BCUT2D eigenvalue weighted by atomic mass is 10.0. The molecule has 8 aromatic carbocycles. The third-order valence-electron chi connectivity index (χ3n) is 10.7. The molecule has 0 aliphatic carbocycles. The Morgan fingerprint density at radius 3 is 0.933 bits per heavy atom. The van der Waals surface area contributed by atoms with E-state index < -0.39 is 0 Å². The Morgan fingerprint density at radius 2 is 0.617 bits per heavy atom. The third kappa shape index (κ3) is 9.37. The van der Waals surface area contributed by atoms with Crippen LogP contribution in [0.25, 0.3) is 34.4 Å². The lowest BCUT2D eigenvalue weighted by molar-refractivity contribution is 1.28. The molecule has 0 aliphatic rings. The maximum Gasteiger partial charge on any atom is 0.0462 e. The summed E-state index contributed by atoms with van der Waals surface area (Å²) >= 11 is 0. The first-order chi connectivity index (χ1) is 29.4. The SMILES string of the molecule is C=C(C=Cc1ccc(C)cc1)c1ccc(N(c2ccccc2)c2ccc(-c3ccc(N(c4ccccc4)c4ccc(C(=C)C=Cc5ccc(C)cc5)cc4)cc3)cc2)cc1. The van der Waals surface area contributed by atoms with Crippen LogP contribution in [0.4, 0.5) is 34.1 Å². The zero-order valence-electron chi connectivity index (χ0n) is 34.2. The molecule has 0 unspecified atom stereocenters. The van der Waals surface area contributed by atoms with Gasteiger partial charge in [0.05, 0.1) is 0 Å². The van der Waals surface area contributed by atoms with Gasteiger partial charge in [-0.1, -0.05) is 182 Å². The van der Waals surface area contributed by atoms with E-state index in [-0.39, 0.29) is 0 Å². The lowest BCUT2D eigenvalue weighted by Crippen LogP contribution is -2.10. The minimum atomic E-state index is 0.970. The zero-order chi connectivity index (χ0) is 41.3. The molecule has 0 aliphatic heterocycles. The molecule has 0 amide bonds. The number of para-hydroxylation sites is 2. The number of benzene rings is 8. The number of allylic oxidation sites excluding steroid dienone is 4. The standard InChI is InChI=1S/C58H48N2/c1-43-15-21-47(22-16-43)25-19-45(3)49-27-35-55(36-28-49)59(53-11-7-5-8-12-53)57-39-31-51(32-40-57)52-33-41-58(42-34-52)60(54-13-9-6-10-14-54)56-37-29-50(30-38-56)46(4)20-26-48-23-17-44(2)18-24-48/h5-42H,3-4H2,1-2H3. The van der Waals surface area contributed by atoms with Crippen molar-refractivity contribution >= 4 is 57.4 Å². The van der Waals surface area contributed by atoms with Gasteiger partial charge in [0.1, 0.15) is 0 Å². The summed E-state index contributed by atoms with van der Waals surface area (Å²) in [6.07, 6.45) is 8.40. The Balaban J connectivity index is 1.01. The molecule has 8 rings (SSSR count). The first kappa shape index (κ1) is 39.2. The molecule has 8 aromatic rings. The average Bonchev–Trinajstić information content (AvgIpc) is 3.30. The van der Waals surface area contributed by atoms with Crippen LogP contribution in [0.2, 0.25) is 0 Å². The minimum absolute atomic E-state index is 0.970. The summed E-state index contributed by atoms with van der Waals surface area (Å²) in [6, 6.07) is 73.0. The highest BCUT2D eigenvalue weighted by Gasteiger charge is 2.15. The van der Waals surface area contributed by atoms with Crippen molar-refractivity contribution in [3.63, 3.8) is 0 Å². The molecule has 0 bridgehead atoms. The topological polar surface area (TPSA) is 6.48 Å². The van der Waals surface area contributed by atoms with Crippen LogP contribution in [0.3, 0.4) is 0 Å². The number of hydrogen-bond donors (Lipinski definition) is 0. The van der Waals surface area contributed by atoms with Gasteiger partial charge >= 0.3 is 0 Å². The van der Waals surface area contributed by atoms with E-state index in [0.717, 1.165) is 78.7 Å². The molecule has 0 aromatic heterocycles. The van der Waals surface area contributed by atoms with Gasteiger partial charge < -0.3 is 9.80 Å². The summed E-state index contributed by atoms with van der Waals surface area (Å²) in [7, 11) is 0. The maximum atomic E-state index is 4.35. The molecule has 0 N–H and O–H groups in total. The van der Waals surface area contributed by atoms with E-state index in [4.69, 9.17) is 0 Å². The first-order valence-corrected chi connectivity index (χ1v) is 20.4. The van der Waals surface area contributed by atoms with Gasteiger partial charge in [-0.15, -0.1) is 0 Å². The minimum Gasteiger partial charge on any atom is -0.311 e. The fourth-order valence-corrected chi connectivity index (χ4v) is 7.24. The van der Waals surface area contributed by atoms with Gasteiger partial charge in [0.25, 0.3) is 0 Å². The molecule has 0 atom stereocenters. The van der Waals surface area contributed by atoms with Crippen LogP contribution in [0, 0.1) is 13.8 Å². The van der Waals surface area contributed by atoms with Crippen molar-refractivity contribution in [3.8, 4) is 11.1 Å². The van der Waals surface area contributed by atoms with Gasteiger partial charge in [-0.05, 0) is 131 Å². The van der Waals surface area contributed by atoms with Gasteiger partial charge in [0.15, 0.2) is 0 Å². The molecule has 0 radical (unpaired) electrons. The molecule has 0 spiro atoms. The van der Waals surface area contributed by atoms with E-state index in [1.54, 1.807) is 0 Å². The summed E-state index contributed by atoms with van der Waals surface area (Å²) in [4.78, 5) is 4.58. The van der Waals surface area contributed by atoms with Crippen molar-refractivity contribution in [3.05, 3.63) is 265 Å². The summed E-state index contributed by atoms with van der Waals surface area (Å²) in [5.41, 5.74) is 17.8. The third-order valence-corrected chi connectivity index (χ3v) is 10.7. The molecule has 0 heterocycles. The highest BCUT2D eigenvalue weighted by atomic mass is 15.1. The molecule has 60 heavy (non-hydrogen) atoms. The summed E-state index contributed by atoms with van der Waals surface area (Å²) in [6.45, 7) is 12.9. The highest BCUT2D eigenvalue weighted by molar-refractivity contribution is 5.84. The van der Waals surface area contributed by atoms with Crippen LogP contribution in [-0.2, 0) is 0 Å². The van der Waals surface area contributed by atoms with Crippen LogP contribution >= 0.6 is 0 Å². The molecule has 290 valence electrons. The van der Waals surface area contributed by atoms with Crippen molar-refractivity contribution in [1.82, 2.24) is 0 Å². The maximum absolute atomic E-state index is 4.35. The van der Waals surface area contributed by atoms with Gasteiger partial charge in [-0.2, -0.15) is 0 Å². The van der Waals surface area contributed by atoms with E-state index in [9.17, 15) is 0 Å². The largest absolute Gasteiger partial charge is 0.311 e. The number of aryl methyl sites for hydroxylation is 2. The molecule has 0 saturated heterocycles. The fourth-order valence-electron chi connectivity index (χ4n) is 7.24. The molecule has 2 heteroatoms. The number of anilines is 6. The second-order valence-electron chi connectivity index (χ2n) is 15.1. The smallest absolute Gasteiger partial charge is 0.0462 e. The van der Waals surface area contributed by atoms with Gasteiger partial charge in [-0.25, -0.2) is 0 Å². The predicted molar refractivity (Wildman–Crippen MR) is 260 cm³/mol. The Hall–Kier alpha value is -7.68. The van der Waals surface area contributed by atoms with Gasteiger partial charge in [-0.3, -0.25) is 0 Å². The highest BCUT2D eigenvalue weighted by Crippen LogP contribution is 2.38. The van der Waals surface area contributed by atoms with E-state index in [1.807, 2.05) is 0 Å². The average molecular weight is 773 g/mol. The van der Waals surface area contributed by atoms with Crippen LogP contribution < -0.4 is 9.80 Å². The van der Waals surface area contributed by atoms with Crippen LogP contribution in [0.5, 0.6) is 0 Å². The van der Waals surface area contributed by atoms with Crippen molar-refractivity contribution in [2.45, 2.75) is 13.8 Å². The number of hydrogen-bond acceptors (Lipinski definition) is 2. The van der Waals surface area contributed by atoms with Crippen LogP contribution in [-0.4, -0.2) is 0 Å². The second-order valence-corrected chi connectivity index (χ2v) is 15.1. The van der Waals surface area contributed by atoms with Gasteiger partial charge in [0, 0.05) is 34.1 Å². The van der Waals surface area contributed by atoms with Crippen molar-refractivity contribution in [1.29, 1.82) is 0 Å². The van der Waals surface area contributed by atoms with Crippen molar-refractivity contribution in [2.75, 3.05) is 9.80 Å². The number of nitrogens with zero attached hydrogens (tertiary/aromatic N) is 2. The lowest BCUT2D eigenvalue weighted by Gasteiger charge is -2.26. The van der Waals surface area contributed by atoms with E-state index in [2.05, 4.69) is 267 Å². The Kier molecular flexibility index (Phi) is 11.9. The second kappa shape index (κ2) is 18.3. The first-order valence-electron chi connectivity index (χ1n) is 20.4. The Morgan fingerprint density at radius 1 is 0.333 bits per heavy atom. The summed E-state index contributed by atoms with van der Waals surface area (Å²) in [5, 5.41) is 0. The van der Waals surface area contributed by atoms with Crippen molar-refractivity contribution in [2.24, 2.45) is 0 Å². The van der Waals surface area contributed by atoms with Crippen LogP contribution in [0.15, 0.2) is 232 Å². The predicted octanol–water partition coefficient (Wildman–Crippen LogP) is 16.4. The van der Waals surface area contributed by atoms with Crippen LogP contribution in [0.1, 0.15) is 33.4 Å².